The van der Waals surface area contributed by atoms with Gasteiger partial charge in [0, 0.05) is 11.1 Å². The van der Waals surface area contributed by atoms with Gasteiger partial charge in [-0.15, -0.1) is 0 Å². The predicted molar refractivity (Wildman–Crippen MR) is 67.6 cm³/mol. The van der Waals surface area contributed by atoms with Crippen LogP contribution >= 0.6 is 0 Å². The van der Waals surface area contributed by atoms with Crippen LogP contribution in [0.2, 0.25) is 0 Å². The Hall–Kier alpha value is -0.900. The maximum absolute atomic E-state index is 10.7. The van der Waals surface area contributed by atoms with E-state index in [0.29, 0.717) is 6.61 Å². The number of rotatable bonds is 1. The third-order valence-corrected chi connectivity index (χ3v) is 3.93. The first-order chi connectivity index (χ1) is 7.88. The molecule has 0 aliphatic carbocycles. The van der Waals surface area contributed by atoms with E-state index in [1.807, 2.05) is 44.3 Å². The Labute approximate surface area is 103 Å². The van der Waals surface area contributed by atoms with Gasteiger partial charge in [0.1, 0.15) is 0 Å². The molecule has 2 atom stereocenters. The highest BCUT2D eigenvalue weighted by Crippen LogP contribution is 2.37. The lowest BCUT2D eigenvalue weighted by Crippen LogP contribution is -2.63. The summed E-state index contributed by atoms with van der Waals surface area (Å²) in [5, 5.41) is 10.7. The minimum Gasteiger partial charge on any atom is -0.361 e. The Morgan fingerprint density at radius 1 is 1.29 bits per heavy atom. The summed E-state index contributed by atoms with van der Waals surface area (Å²) in [5.41, 5.74) is 0.760. The van der Waals surface area contributed by atoms with Crippen molar-refractivity contribution in [1.29, 1.82) is 0 Å². The van der Waals surface area contributed by atoms with Crippen LogP contribution in [0.25, 0.3) is 0 Å². The second-order valence-electron chi connectivity index (χ2n) is 5.45. The molecular formula is C14H21NO2. The summed E-state index contributed by atoms with van der Waals surface area (Å²) in [4.78, 5) is 2.17. The normalized spacial score (nSPS) is 33.6. The summed E-state index contributed by atoms with van der Waals surface area (Å²) in [6.45, 7) is 6.75. The van der Waals surface area contributed by atoms with Crippen molar-refractivity contribution in [2.45, 2.75) is 38.1 Å². The topological polar surface area (TPSA) is 32.7 Å². The second kappa shape index (κ2) is 4.09. The zero-order chi connectivity index (χ0) is 12.7. The highest BCUT2D eigenvalue weighted by Gasteiger charge is 2.48. The van der Waals surface area contributed by atoms with Crippen LogP contribution in [0, 0.1) is 0 Å². The van der Waals surface area contributed by atoms with E-state index in [0.717, 1.165) is 5.56 Å². The van der Waals surface area contributed by atoms with Gasteiger partial charge < -0.3 is 9.84 Å². The van der Waals surface area contributed by atoms with Crippen LogP contribution in [0.3, 0.4) is 0 Å². The van der Waals surface area contributed by atoms with Gasteiger partial charge in [-0.25, -0.2) is 0 Å². The van der Waals surface area contributed by atoms with Crippen molar-refractivity contribution in [2.24, 2.45) is 0 Å². The van der Waals surface area contributed by atoms with Gasteiger partial charge in [-0.3, -0.25) is 4.90 Å². The van der Waals surface area contributed by atoms with Gasteiger partial charge in [0.15, 0.2) is 0 Å². The Bertz CT molecular complexity index is 390. The molecule has 1 fully saturated rings. The number of benzene rings is 1. The number of morpholine rings is 1. The molecule has 1 aromatic rings. The Morgan fingerprint density at radius 2 is 1.88 bits per heavy atom. The van der Waals surface area contributed by atoms with Crippen molar-refractivity contribution in [3.8, 4) is 0 Å². The molecule has 1 N–H and O–H groups in total. The molecule has 0 amide bonds. The van der Waals surface area contributed by atoms with Crippen LogP contribution in [-0.4, -0.2) is 35.2 Å². The molecule has 3 heteroatoms. The number of aliphatic hydroxyl groups is 1. The lowest BCUT2D eigenvalue weighted by molar-refractivity contribution is -0.298. The lowest BCUT2D eigenvalue weighted by Gasteiger charge is -2.51. The molecule has 0 bridgehead atoms. The molecule has 1 aliphatic heterocycles. The van der Waals surface area contributed by atoms with Gasteiger partial charge in [-0.05, 0) is 27.8 Å². The Morgan fingerprint density at radius 3 is 2.47 bits per heavy atom. The Balaban J connectivity index is 2.34. The fourth-order valence-corrected chi connectivity index (χ4v) is 2.30. The first-order valence-electron chi connectivity index (χ1n) is 6.03. The standard InChI is InChI=1S/C14H21NO2/c1-11-14(16,12-8-6-5-7-9-12)17-10-13(2,3)15(11)4/h5-9,11,16H,10H2,1-4H3/t11-,14+/m0/s1. The van der Waals surface area contributed by atoms with E-state index in [4.69, 9.17) is 4.74 Å². The smallest absolute Gasteiger partial charge is 0.208 e. The highest BCUT2D eigenvalue weighted by atomic mass is 16.6. The van der Waals surface area contributed by atoms with Gasteiger partial charge in [0.25, 0.3) is 0 Å². The Kier molecular flexibility index (Phi) is 3.02. The molecule has 17 heavy (non-hydrogen) atoms. The number of nitrogens with zero attached hydrogens (tertiary/aromatic N) is 1. The van der Waals surface area contributed by atoms with E-state index in [9.17, 15) is 5.11 Å². The molecule has 1 heterocycles. The predicted octanol–water partition coefficient (Wildman–Crippen LogP) is 1.96. The molecule has 1 saturated heterocycles. The first kappa shape index (κ1) is 12.6. The van der Waals surface area contributed by atoms with Crippen molar-refractivity contribution >= 4 is 0 Å². The molecule has 1 aromatic carbocycles. The maximum atomic E-state index is 10.7. The molecule has 0 aromatic heterocycles. The van der Waals surface area contributed by atoms with Gasteiger partial charge in [0.05, 0.1) is 12.6 Å². The number of likely N-dealkylation sites (N-methyl/N-ethyl adjacent to an activating group) is 1. The summed E-state index contributed by atoms with van der Waals surface area (Å²) in [7, 11) is 2.03. The fourth-order valence-electron chi connectivity index (χ4n) is 2.30. The number of hydrogen-bond donors (Lipinski definition) is 1. The van der Waals surface area contributed by atoms with Crippen LogP contribution in [0.15, 0.2) is 30.3 Å². The molecule has 0 unspecified atom stereocenters. The minimum absolute atomic E-state index is 0.0551. The summed E-state index contributed by atoms with van der Waals surface area (Å²) < 4.78 is 5.76. The van der Waals surface area contributed by atoms with Crippen molar-refractivity contribution in [1.82, 2.24) is 4.90 Å². The summed E-state index contributed by atoms with van der Waals surface area (Å²) in [6, 6.07) is 9.50. The van der Waals surface area contributed by atoms with E-state index in [1.54, 1.807) is 0 Å². The largest absolute Gasteiger partial charge is 0.361 e. The lowest BCUT2D eigenvalue weighted by atomic mass is 9.90. The third-order valence-electron chi connectivity index (χ3n) is 3.93. The van der Waals surface area contributed by atoms with Crippen molar-refractivity contribution in [3.63, 3.8) is 0 Å². The van der Waals surface area contributed by atoms with Crippen molar-refractivity contribution in [3.05, 3.63) is 35.9 Å². The fraction of sp³-hybridized carbons (Fsp3) is 0.571. The highest BCUT2D eigenvalue weighted by molar-refractivity contribution is 5.23. The SMILES string of the molecule is C[C@@H]1N(C)C(C)(C)CO[C@@]1(O)c1ccccc1. The quantitative estimate of drug-likeness (QED) is 0.807. The molecule has 0 radical (unpaired) electrons. The average Bonchev–Trinajstić information content (AvgIpc) is 2.34. The second-order valence-corrected chi connectivity index (χ2v) is 5.45. The van der Waals surface area contributed by atoms with Gasteiger partial charge in [0.2, 0.25) is 5.79 Å². The van der Waals surface area contributed by atoms with E-state index in [2.05, 4.69) is 18.7 Å². The van der Waals surface area contributed by atoms with Gasteiger partial charge in [-0.1, -0.05) is 30.3 Å². The third kappa shape index (κ3) is 1.99. The zero-order valence-electron chi connectivity index (χ0n) is 11.0. The van der Waals surface area contributed by atoms with E-state index in [-0.39, 0.29) is 11.6 Å². The summed E-state index contributed by atoms with van der Waals surface area (Å²) in [6.07, 6.45) is 0. The van der Waals surface area contributed by atoms with Crippen LogP contribution < -0.4 is 0 Å². The van der Waals surface area contributed by atoms with Gasteiger partial charge >= 0.3 is 0 Å². The van der Waals surface area contributed by atoms with E-state index >= 15 is 0 Å². The molecule has 0 spiro atoms. The summed E-state index contributed by atoms with van der Waals surface area (Å²) in [5.74, 6) is -1.22. The van der Waals surface area contributed by atoms with Crippen LogP contribution in [0.5, 0.6) is 0 Å². The monoisotopic (exact) mass is 235 g/mol. The van der Waals surface area contributed by atoms with E-state index in [1.165, 1.54) is 0 Å². The molecule has 2 rings (SSSR count). The van der Waals surface area contributed by atoms with Crippen LogP contribution in [-0.2, 0) is 10.5 Å². The maximum Gasteiger partial charge on any atom is 0.208 e. The number of hydrogen-bond acceptors (Lipinski definition) is 3. The first-order valence-corrected chi connectivity index (χ1v) is 6.03. The van der Waals surface area contributed by atoms with Crippen LogP contribution in [0.1, 0.15) is 26.3 Å². The minimum atomic E-state index is -1.22. The van der Waals surface area contributed by atoms with Crippen molar-refractivity contribution in [2.75, 3.05) is 13.7 Å². The number of ether oxygens (including phenoxy) is 1. The molecule has 0 saturated carbocycles. The van der Waals surface area contributed by atoms with Gasteiger partial charge in [-0.2, -0.15) is 0 Å². The average molecular weight is 235 g/mol. The molecular weight excluding hydrogens is 214 g/mol. The van der Waals surface area contributed by atoms with E-state index < -0.39 is 5.79 Å². The zero-order valence-corrected chi connectivity index (χ0v) is 11.0. The summed E-state index contributed by atoms with van der Waals surface area (Å²) >= 11 is 0. The van der Waals surface area contributed by atoms with Crippen molar-refractivity contribution < 1.29 is 9.84 Å². The molecule has 1 aliphatic rings. The molecule has 94 valence electrons. The van der Waals surface area contributed by atoms with Crippen LogP contribution in [0.4, 0.5) is 0 Å². The molecule has 3 nitrogen and oxygen atoms in total.